The highest BCUT2D eigenvalue weighted by molar-refractivity contribution is 9.10. The summed E-state index contributed by atoms with van der Waals surface area (Å²) in [6, 6.07) is 7.19. The predicted molar refractivity (Wildman–Crippen MR) is 80.4 cm³/mol. The van der Waals surface area contributed by atoms with Crippen molar-refractivity contribution in [3.63, 3.8) is 0 Å². The minimum absolute atomic E-state index is 0.0822. The van der Waals surface area contributed by atoms with Crippen molar-refractivity contribution >= 4 is 33.6 Å². The summed E-state index contributed by atoms with van der Waals surface area (Å²) in [5.41, 5.74) is 0.463. The molecule has 0 spiro atoms. The number of benzene rings is 1. The van der Waals surface area contributed by atoms with Crippen LogP contribution in [0.15, 0.2) is 45.5 Å². The molecule has 0 aliphatic carbocycles. The Labute approximate surface area is 129 Å². The van der Waals surface area contributed by atoms with Crippen molar-refractivity contribution in [3.8, 4) is 0 Å². The maximum Gasteiger partial charge on any atom is 0.335 e. The van der Waals surface area contributed by atoms with Gasteiger partial charge in [0.1, 0.15) is 5.76 Å². The number of carbonyl (C=O) groups is 2. The molecular formula is C14H13BrN2O4. The average Bonchev–Trinajstić information content (AvgIpc) is 2.91. The SMILES string of the molecule is CC(NC(=O)Nc1cc(Br)cc(C(=O)O)c1)c1ccco1. The molecule has 2 rings (SSSR count). The van der Waals surface area contributed by atoms with Crippen LogP contribution < -0.4 is 10.6 Å². The molecule has 1 aromatic carbocycles. The van der Waals surface area contributed by atoms with Gasteiger partial charge in [-0.25, -0.2) is 9.59 Å². The highest BCUT2D eigenvalue weighted by atomic mass is 79.9. The first-order chi connectivity index (χ1) is 9.95. The van der Waals surface area contributed by atoms with Crippen LogP contribution in [0.4, 0.5) is 10.5 Å². The van der Waals surface area contributed by atoms with E-state index in [9.17, 15) is 9.59 Å². The van der Waals surface area contributed by atoms with Crippen LogP contribution in [0.5, 0.6) is 0 Å². The topological polar surface area (TPSA) is 91.6 Å². The number of halogens is 1. The molecule has 0 radical (unpaired) electrons. The van der Waals surface area contributed by atoms with Gasteiger partial charge >= 0.3 is 12.0 Å². The van der Waals surface area contributed by atoms with Crippen LogP contribution in [0.25, 0.3) is 0 Å². The lowest BCUT2D eigenvalue weighted by Gasteiger charge is -2.13. The van der Waals surface area contributed by atoms with Crippen molar-refractivity contribution in [2.45, 2.75) is 13.0 Å². The lowest BCUT2D eigenvalue weighted by Crippen LogP contribution is -2.31. The molecule has 0 saturated heterocycles. The Balaban J connectivity index is 2.04. The normalized spacial score (nSPS) is 11.7. The van der Waals surface area contributed by atoms with Gasteiger partial charge in [-0.3, -0.25) is 0 Å². The molecule has 0 bridgehead atoms. The summed E-state index contributed by atoms with van der Waals surface area (Å²) < 4.78 is 5.75. The molecule has 3 N–H and O–H groups in total. The number of urea groups is 1. The van der Waals surface area contributed by atoms with Gasteiger partial charge in [-0.2, -0.15) is 0 Å². The first kappa shape index (κ1) is 15.1. The zero-order valence-electron chi connectivity index (χ0n) is 11.1. The molecule has 0 aliphatic rings. The summed E-state index contributed by atoms with van der Waals surface area (Å²) in [4.78, 5) is 22.8. The van der Waals surface area contributed by atoms with Gasteiger partial charge in [-0.05, 0) is 37.3 Å². The number of hydrogen-bond acceptors (Lipinski definition) is 3. The zero-order valence-corrected chi connectivity index (χ0v) is 12.7. The number of furan rings is 1. The van der Waals surface area contributed by atoms with Crippen molar-refractivity contribution in [1.29, 1.82) is 0 Å². The van der Waals surface area contributed by atoms with E-state index in [2.05, 4.69) is 26.6 Å². The largest absolute Gasteiger partial charge is 0.478 e. The Hall–Kier alpha value is -2.28. The van der Waals surface area contributed by atoms with Gasteiger partial charge in [0.15, 0.2) is 0 Å². The average molecular weight is 353 g/mol. The second kappa shape index (κ2) is 6.45. The Bertz CT molecular complexity index is 655. The summed E-state index contributed by atoms with van der Waals surface area (Å²) in [5, 5.41) is 14.3. The highest BCUT2D eigenvalue weighted by Gasteiger charge is 2.13. The summed E-state index contributed by atoms with van der Waals surface area (Å²) in [6.07, 6.45) is 1.53. The fourth-order valence-corrected chi connectivity index (χ4v) is 2.25. The summed E-state index contributed by atoms with van der Waals surface area (Å²) in [6.45, 7) is 1.78. The number of rotatable bonds is 4. The van der Waals surface area contributed by atoms with Crippen molar-refractivity contribution in [2.24, 2.45) is 0 Å². The second-order valence-corrected chi connectivity index (χ2v) is 5.28. The maximum atomic E-state index is 11.9. The van der Waals surface area contributed by atoms with E-state index >= 15 is 0 Å². The summed E-state index contributed by atoms with van der Waals surface area (Å²) >= 11 is 3.20. The molecule has 1 aromatic heterocycles. The second-order valence-electron chi connectivity index (χ2n) is 4.37. The number of carboxylic acid groups (broad SMARTS) is 1. The van der Waals surface area contributed by atoms with E-state index in [1.807, 2.05) is 0 Å². The quantitative estimate of drug-likeness (QED) is 0.783. The van der Waals surface area contributed by atoms with Crippen LogP contribution in [-0.4, -0.2) is 17.1 Å². The van der Waals surface area contributed by atoms with E-state index in [-0.39, 0.29) is 11.6 Å². The van der Waals surface area contributed by atoms with Crippen LogP contribution in [0.2, 0.25) is 0 Å². The van der Waals surface area contributed by atoms with Gasteiger partial charge in [-0.1, -0.05) is 15.9 Å². The monoisotopic (exact) mass is 352 g/mol. The van der Waals surface area contributed by atoms with Gasteiger partial charge in [0.05, 0.1) is 17.9 Å². The number of nitrogens with one attached hydrogen (secondary N) is 2. The van der Waals surface area contributed by atoms with Crippen LogP contribution in [0.1, 0.15) is 29.1 Å². The molecule has 0 fully saturated rings. The maximum absolute atomic E-state index is 11.9. The molecule has 2 aromatic rings. The molecule has 1 heterocycles. The molecule has 0 saturated carbocycles. The Morgan fingerprint density at radius 3 is 2.71 bits per heavy atom. The van der Waals surface area contributed by atoms with Crippen molar-refractivity contribution in [3.05, 3.63) is 52.4 Å². The number of carbonyl (C=O) groups excluding carboxylic acids is 1. The first-order valence-corrected chi connectivity index (χ1v) is 6.90. The molecule has 1 unspecified atom stereocenters. The third-order valence-corrected chi connectivity index (χ3v) is 3.18. The molecule has 1 atom stereocenters. The van der Waals surface area contributed by atoms with E-state index in [1.165, 1.54) is 18.4 Å². The fraction of sp³-hybridized carbons (Fsp3) is 0.143. The Morgan fingerprint density at radius 1 is 1.33 bits per heavy atom. The van der Waals surface area contributed by atoms with Crippen molar-refractivity contribution in [1.82, 2.24) is 5.32 Å². The van der Waals surface area contributed by atoms with Gasteiger partial charge in [0, 0.05) is 10.2 Å². The van der Waals surface area contributed by atoms with E-state index in [4.69, 9.17) is 9.52 Å². The van der Waals surface area contributed by atoms with Gasteiger partial charge < -0.3 is 20.2 Å². The molecule has 21 heavy (non-hydrogen) atoms. The molecule has 7 heteroatoms. The molecular weight excluding hydrogens is 340 g/mol. The van der Waals surface area contributed by atoms with E-state index < -0.39 is 12.0 Å². The Kier molecular flexibility index (Phi) is 4.64. The molecule has 6 nitrogen and oxygen atoms in total. The zero-order chi connectivity index (χ0) is 15.4. The molecule has 0 aliphatic heterocycles. The predicted octanol–water partition coefficient (Wildman–Crippen LogP) is 3.62. The summed E-state index contributed by atoms with van der Waals surface area (Å²) in [7, 11) is 0. The number of amides is 2. The Morgan fingerprint density at radius 2 is 2.10 bits per heavy atom. The van der Waals surface area contributed by atoms with Crippen molar-refractivity contribution < 1.29 is 19.1 Å². The molecule has 110 valence electrons. The standard InChI is InChI=1S/C14H13BrN2O4/c1-8(12-3-2-4-21-12)16-14(20)17-11-6-9(13(18)19)5-10(15)7-11/h2-8H,1H3,(H,18,19)(H2,16,17,20). The minimum atomic E-state index is -1.07. The smallest absolute Gasteiger partial charge is 0.335 e. The lowest BCUT2D eigenvalue weighted by molar-refractivity contribution is 0.0697. The number of carboxylic acids is 1. The minimum Gasteiger partial charge on any atom is -0.478 e. The first-order valence-electron chi connectivity index (χ1n) is 6.10. The van der Waals surface area contributed by atoms with E-state index in [1.54, 1.807) is 25.1 Å². The van der Waals surface area contributed by atoms with Crippen LogP contribution >= 0.6 is 15.9 Å². The van der Waals surface area contributed by atoms with Crippen molar-refractivity contribution in [2.75, 3.05) is 5.32 Å². The van der Waals surface area contributed by atoms with Crippen LogP contribution in [0, 0.1) is 0 Å². The number of hydrogen-bond donors (Lipinski definition) is 3. The van der Waals surface area contributed by atoms with Crippen LogP contribution in [-0.2, 0) is 0 Å². The summed E-state index contributed by atoms with van der Waals surface area (Å²) in [5.74, 6) is -0.436. The van der Waals surface area contributed by atoms with Gasteiger partial charge in [0.2, 0.25) is 0 Å². The van der Waals surface area contributed by atoms with Gasteiger partial charge in [-0.15, -0.1) is 0 Å². The third-order valence-electron chi connectivity index (χ3n) is 2.72. The van der Waals surface area contributed by atoms with Crippen LogP contribution in [0.3, 0.4) is 0 Å². The third kappa shape index (κ3) is 4.09. The lowest BCUT2D eigenvalue weighted by atomic mass is 10.2. The van der Waals surface area contributed by atoms with E-state index in [0.29, 0.717) is 15.9 Å². The van der Waals surface area contributed by atoms with E-state index in [0.717, 1.165) is 0 Å². The number of anilines is 1. The van der Waals surface area contributed by atoms with Gasteiger partial charge in [0.25, 0.3) is 0 Å². The fourth-order valence-electron chi connectivity index (χ4n) is 1.76. The number of aromatic carboxylic acids is 1. The molecule has 2 amide bonds. The highest BCUT2D eigenvalue weighted by Crippen LogP contribution is 2.20.